The van der Waals surface area contributed by atoms with Crippen LogP contribution in [0.4, 0.5) is 0 Å². The van der Waals surface area contributed by atoms with E-state index >= 15 is 0 Å². The molecule has 0 amide bonds. The lowest BCUT2D eigenvalue weighted by atomic mass is 10.0. The molecule has 0 aliphatic carbocycles. The summed E-state index contributed by atoms with van der Waals surface area (Å²) >= 11 is 4.65. The fourth-order valence-corrected chi connectivity index (χ4v) is 2.11. The zero-order valence-corrected chi connectivity index (χ0v) is 11.4. The minimum absolute atomic E-state index is 0.0572. The van der Waals surface area contributed by atoms with Gasteiger partial charge in [-0.1, -0.05) is 24.3 Å². The summed E-state index contributed by atoms with van der Waals surface area (Å²) in [7, 11) is 3.33. The molecule has 0 unspecified atom stereocenters. The molecule has 18 heavy (non-hydrogen) atoms. The number of methoxy groups -OCH3 is 2. The Bertz CT molecular complexity index is 443. The third kappa shape index (κ3) is 2.79. The van der Waals surface area contributed by atoms with Crippen molar-refractivity contribution in [3.8, 4) is 11.5 Å². The molecule has 0 bridgehead atoms. The van der Waals surface area contributed by atoms with Crippen molar-refractivity contribution in [3.05, 3.63) is 59.7 Å². The molecule has 3 heteroatoms. The molecule has 94 valence electrons. The Hall–Kier alpha value is -1.61. The first kappa shape index (κ1) is 12.8. The second-order valence-electron chi connectivity index (χ2n) is 3.95. The fraction of sp³-hybridized carbons (Fsp3) is 0.200. The number of hydrogen-bond donors (Lipinski definition) is 1. The molecule has 2 nitrogen and oxygen atoms in total. The first-order valence-corrected chi connectivity index (χ1v) is 6.22. The van der Waals surface area contributed by atoms with Gasteiger partial charge in [0.2, 0.25) is 0 Å². The van der Waals surface area contributed by atoms with Crippen LogP contribution in [0.15, 0.2) is 48.5 Å². The van der Waals surface area contributed by atoms with Crippen molar-refractivity contribution in [2.75, 3.05) is 14.2 Å². The topological polar surface area (TPSA) is 18.5 Å². The van der Waals surface area contributed by atoms with Gasteiger partial charge in [0.05, 0.1) is 19.5 Å². The van der Waals surface area contributed by atoms with Crippen LogP contribution in [0, 0.1) is 0 Å². The molecule has 0 fully saturated rings. The van der Waals surface area contributed by atoms with Crippen LogP contribution in [-0.4, -0.2) is 14.2 Å². The summed E-state index contributed by atoms with van der Waals surface area (Å²) in [6.45, 7) is 0. The van der Waals surface area contributed by atoms with E-state index in [0.29, 0.717) is 0 Å². The molecule has 2 rings (SSSR count). The summed E-state index contributed by atoms with van der Waals surface area (Å²) in [5.74, 6) is 1.71. The van der Waals surface area contributed by atoms with Gasteiger partial charge >= 0.3 is 0 Å². The second-order valence-corrected chi connectivity index (χ2v) is 4.47. The van der Waals surface area contributed by atoms with E-state index in [1.54, 1.807) is 14.2 Å². The van der Waals surface area contributed by atoms with E-state index in [-0.39, 0.29) is 5.25 Å². The van der Waals surface area contributed by atoms with Gasteiger partial charge in [-0.05, 0) is 35.4 Å². The number of rotatable bonds is 4. The Kier molecular flexibility index (Phi) is 4.15. The zero-order valence-electron chi connectivity index (χ0n) is 10.5. The SMILES string of the molecule is COc1ccc(C(S)c2ccc(OC)cc2)cc1. The van der Waals surface area contributed by atoms with Gasteiger partial charge in [0, 0.05) is 0 Å². The largest absolute Gasteiger partial charge is 0.497 e. The lowest BCUT2D eigenvalue weighted by Crippen LogP contribution is -1.94. The van der Waals surface area contributed by atoms with E-state index in [1.807, 2.05) is 48.5 Å². The predicted molar refractivity (Wildman–Crippen MR) is 76.8 cm³/mol. The Balaban J connectivity index is 2.20. The molecule has 0 saturated carbocycles. The van der Waals surface area contributed by atoms with Crippen LogP contribution in [0.25, 0.3) is 0 Å². The van der Waals surface area contributed by atoms with Gasteiger partial charge in [0.25, 0.3) is 0 Å². The highest BCUT2D eigenvalue weighted by molar-refractivity contribution is 7.80. The number of hydrogen-bond acceptors (Lipinski definition) is 3. The maximum Gasteiger partial charge on any atom is 0.118 e. The lowest BCUT2D eigenvalue weighted by Gasteiger charge is -2.12. The molecule has 2 aromatic rings. The zero-order chi connectivity index (χ0) is 13.0. The highest BCUT2D eigenvalue weighted by Gasteiger charge is 2.09. The molecule has 0 saturated heterocycles. The van der Waals surface area contributed by atoms with Crippen molar-refractivity contribution in [2.45, 2.75) is 5.25 Å². The maximum absolute atomic E-state index is 5.14. The molecule has 0 spiro atoms. The normalized spacial score (nSPS) is 10.4. The molecular formula is C15H16O2S. The summed E-state index contributed by atoms with van der Waals surface area (Å²) in [6.07, 6.45) is 0. The highest BCUT2D eigenvalue weighted by Crippen LogP contribution is 2.30. The van der Waals surface area contributed by atoms with E-state index in [9.17, 15) is 0 Å². The Morgan fingerprint density at radius 1 is 0.722 bits per heavy atom. The average molecular weight is 260 g/mol. The molecule has 0 radical (unpaired) electrons. The number of thiol groups is 1. The summed E-state index contributed by atoms with van der Waals surface area (Å²) in [5.41, 5.74) is 2.29. The van der Waals surface area contributed by atoms with Gasteiger partial charge in [-0.15, -0.1) is 0 Å². The molecule has 0 atom stereocenters. The Morgan fingerprint density at radius 2 is 1.06 bits per heavy atom. The fourth-order valence-electron chi connectivity index (χ4n) is 1.76. The quantitative estimate of drug-likeness (QED) is 0.845. The van der Waals surface area contributed by atoms with Crippen molar-refractivity contribution in [3.63, 3.8) is 0 Å². The number of ether oxygens (including phenoxy) is 2. The van der Waals surface area contributed by atoms with Crippen LogP contribution in [-0.2, 0) is 0 Å². The molecule has 0 aliphatic rings. The third-order valence-electron chi connectivity index (χ3n) is 2.86. The van der Waals surface area contributed by atoms with Crippen LogP contribution in [0.1, 0.15) is 16.4 Å². The van der Waals surface area contributed by atoms with Gasteiger partial charge in [-0.25, -0.2) is 0 Å². The Morgan fingerprint density at radius 3 is 1.33 bits per heavy atom. The first-order chi connectivity index (χ1) is 8.74. The summed E-state index contributed by atoms with van der Waals surface area (Å²) in [4.78, 5) is 0. The van der Waals surface area contributed by atoms with Gasteiger partial charge < -0.3 is 9.47 Å². The van der Waals surface area contributed by atoms with Crippen molar-refractivity contribution in [1.29, 1.82) is 0 Å². The van der Waals surface area contributed by atoms with E-state index < -0.39 is 0 Å². The van der Waals surface area contributed by atoms with Crippen LogP contribution in [0.3, 0.4) is 0 Å². The van der Waals surface area contributed by atoms with E-state index in [4.69, 9.17) is 9.47 Å². The minimum atomic E-state index is 0.0572. The lowest BCUT2D eigenvalue weighted by molar-refractivity contribution is 0.414. The van der Waals surface area contributed by atoms with Crippen LogP contribution >= 0.6 is 12.6 Å². The Labute approximate surface area is 113 Å². The molecule has 0 aliphatic heterocycles. The van der Waals surface area contributed by atoms with E-state index in [1.165, 1.54) is 0 Å². The van der Waals surface area contributed by atoms with Crippen LogP contribution in [0.2, 0.25) is 0 Å². The summed E-state index contributed by atoms with van der Waals surface area (Å²) < 4.78 is 10.3. The second kappa shape index (κ2) is 5.83. The molecular weight excluding hydrogens is 244 g/mol. The molecule has 0 heterocycles. The van der Waals surface area contributed by atoms with Crippen LogP contribution < -0.4 is 9.47 Å². The molecule has 0 aromatic heterocycles. The van der Waals surface area contributed by atoms with Gasteiger partial charge in [-0.3, -0.25) is 0 Å². The van der Waals surface area contributed by atoms with Crippen molar-refractivity contribution in [2.24, 2.45) is 0 Å². The standard InChI is InChI=1S/C15H16O2S/c1-16-13-7-3-11(4-8-13)15(18)12-5-9-14(17-2)10-6-12/h3-10,15,18H,1-2H3. The van der Waals surface area contributed by atoms with Crippen molar-refractivity contribution >= 4 is 12.6 Å². The van der Waals surface area contributed by atoms with Crippen LogP contribution in [0.5, 0.6) is 11.5 Å². The van der Waals surface area contributed by atoms with E-state index in [0.717, 1.165) is 22.6 Å². The van der Waals surface area contributed by atoms with Gasteiger partial charge in [0.15, 0.2) is 0 Å². The maximum atomic E-state index is 5.14. The van der Waals surface area contributed by atoms with Crippen molar-refractivity contribution < 1.29 is 9.47 Å². The minimum Gasteiger partial charge on any atom is -0.497 e. The summed E-state index contributed by atoms with van der Waals surface area (Å²) in [5, 5.41) is 0.0572. The summed E-state index contributed by atoms with van der Waals surface area (Å²) in [6, 6.07) is 15.9. The highest BCUT2D eigenvalue weighted by atomic mass is 32.1. The van der Waals surface area contributed by atoms with E-state index in [2.05, 4.69) is 12.6 Å². The smallest absolute Gasteiger partial charge is 0.118 e. The molecule has 0 N–H and O–H groups in total. The van der Waals surface area contributed by atoms with Gasteiger partial charge in [0.1, 0.15) is 11.5 Å². The molecule has 2 aromatic carbocycles. The third-order valence-corrected chi connectivity index (χ3v) is 3.46. The van der Waals surface area contributed by atoms with Gasteiger partial charge in [-0.2, -0.15) is 12.6 Å². The average Bonchev–Trinajstić information content (AvgIpc) is 2.47. The number of benzene rings is 2. The van der Waals surface area contributed by atoms with Crippen molar-refractivity contribution in [1.82, 2.24) is 0 Å². The monoisotopic (exact) mass is 260 g/mol. The first-order valence-electron chi connectivity index (χ1n) is 5.70. The predicted octanol–water partition coefficient (Wildman–Crippen LogP) is 3.72.